The number of amides is 2. The first-order chi connectivity index (χ1) is 15.9. The van der Waals surface area contributed by atoms with Crippen LogP contribution in [-0.4, -0.2) is 35.4 Å². The van der Waals surface area contributed by atoms with Crippen molar-refractivity contribution in [3.05, 3.63) is 63.1 Å². The molecule has 1 aliphatic rings. The van der Waals surface area contributed by atoms with Crippen molar-refractivity contribution in [2.24, 2.45) is 0 Å². The highest BCUT2D eigenvalue weighted by Crippen LogP contribution is 2.26. The second kappa shape index (κ2) is 12.5. The second-order valence-corrected chi connectivity index (χ2v) is 9.48. The fraction of sp³-hybridized carbons (Fsp3) is 0.440. The number of hydrogen-bond donors (Lipinski definition) is 1. The molecule has 1 aliphatic carbocycles. The molecule has 2 aromatic rings. The third kappa shape index (κ3) is 7.26. The van der Waals surface area contributed by atoms with E-state index in [9.17, 15) is 9.59 Å². The van der Waals surface area contributed by atoms with E-state index >= 15 is 0 Å². The smallest absolute Gasteiger partial charge is 0.261 e. The molecular formula is C25H29Cl3N2O3. The average molecular weight is 512 g/mol. The van der Waals surface area contributed by atoms with Gasteiger partial charge in [0.2, 0.25) is 5.91 Å². The van der Waals surface area contributed by atoms with E-state index in [0.29, 0.717) is 27.2 Å². The summed E-state index contributed by atoms with van der Waals surface area (Å²) >= 11 is 18.4. The van der Waals surface area contributed by atoms with Crippen molar-refractivity contribution in [1.29, 1.82) is 0 Å². The van der Waals surface area contributed by atoms with E-state index < -0.39 is 6.04 Å². The SMILES string of the molecule is CCC(C(=O)NC1CCCCC1)N(Cc1ccc(Cl)c(Cl)c1)C(=O)COc1ccccc1Cl. The first-order valence-corrected chi connectivity index (χ1v) is 12.4. The zero-order valence-electron chi connectivity index (χ0n) is 18.7. The largest absolute Gasteiger partial charge is 0.482 e. The summed E-state index contributed by atoms with van der Waals surface area (Å²) in [6, 6.07) is 11.7. The number of nitrogens with one attached hydrogen (secondary N) is 1. The second-order valence-electron chi connectivity index (χ2n) is 8.26. The molecule has 1 fully saturated rings. The van der Waals surface area contributed by atoms with E-state index in [-0.39, 0.29) is 31.0 Å². The van der Waals surface area contributed by atoms with Crippen molar-refractivity contribution in [3.8, 4) is 5.75 Å². The van der Waals surface area contributed by atoms with Crippen LogP contribution in [-0.2, 0) is 16.1 Å². The maximum atomic E-state index is 13.3. The van der Waals surface area contributed by atoms with Crippen LogP contribution < -0.4 is 10.1 Å². The molecule has 0 aliphatic heterocycles. The molecule has 0 bridgehead atoms. The van der Waals surface area contributed by atoms with Gasteiger partial charge in [-0.3, -0.25) is 9.59 Å². The van der Waals surface area contributed by atoms with E-state index in [1.165, 1.54) is 6.42 Å². The minimum Gasteiger partial charge on any atom is -0.482 e. The van der Waals surface area contributed by atoms with Gasteiger partial charge in [0.1, 0.15) is 11.8 Å². The highest BCUT2D eigenvalue weighted by Gasteiger charge is 2.30. The van der Waals surface area contributed by atoms with Gasteiger partial charge in [0.25, 0.3) is 5.91 Å². The van der Waals surface area contributed by atoms with Crippen molar-refractivity contribution in [2.75, 3.05) is 6.61 Å². The molecule has 3 rings (SSSR count). The molecule has 5 nitrogen and oxygen atoms in total. The summed E-state index contributed by atoms with van der Waals surface area (Å²) in [6.45, 7) is 1.87. The molecule has 0 radical (unpaired) electrons. The zero-order chi connectivity index (χ0) is 23.8. The Bertz CT molecular complexity index is 964. The normalized spacial score (nSPS) is 15.0. The lowest BCUT2D eigenvalue weighted by molar-refractivity contribution is -0.143. The molecule has 0 saturated heterocycles. The summed E-state index contributed by atoms with van der Waals surface area (Å²) in [4.78, 5) is 28.1. The molecule has 1 unspecified atom stereocenters. The van der Waals surface area contributed by atoms with Crippen LogP contribution in [0.1, 0.15) is 51.0 Å². The number of halogens is 3. The zero-order valence-corrected chi connectivity index (χ0v) is 20.9. The van der Waals surface area contributed by atoms with Crippen molar-refractivity contribution in [3.63, 3.8) is 0 Å². The van der Waals surface area contributed by atoms with Crippen LogP contribution in [0.25, 0.3) is 0 Å². The predicted octanol–water partition coefficient (Wildman–Crippen LogP) is 6.28. The van der Waals surface area contributed by atoms with E-state index in [1.807, 2.05) is 6.92 Å². The molecule has 2 amide bonds. The van der Waals surface area contributed by atoms with Crippen LogP contribution >= 0.6 is 34.8 Å². The monoisotopic (exact) mass is 510 g/mol. The summed E-state index contributed by atoms with van der Waals surface area (Å²) in [5.74, 6) is -0.0381. The van der Waals surface area contributed by atoms with Gasteiger partial charge in [0, 0.05) is 12.6 Å². The Morgan fingerprint density at radius 2 is 1.76 bits per heavy atom. The quantitative estimate of drug-likeness (QED) is 0.431. The summed E-state index contributed by atoms with van der Waals surface area (Å²) in [5.41, 5.74) is 0.777. The number of nitrogens with zero attached hydrogens (tertiary/aromatic N) is 1. The number of carbonyl (C=O) groups excluding carboxylic acids is 2. The van der Waals surface area contributed by atoms with E-state index in [0.717, 1.165) is 31.2 Å². The highest BCUT2D eigenvalue weighted by atomic mass is 35.5. The van der Waals surface area contributed by atoms with E-state index in [1.54, 1.807) is 47.4 Å². The maximum absolute atomic E-state index is 13.3. The Hall–Kier alpha value is -1.95. The minimum atomic E-state index is -0.635. The van der Waals surface area contributed by atoms with Gasteiger partial charge in [0.15, 0.2) is 6.61 Å². The number of rotatable bonds is 9. The number of ether oxygens (including phenoxy) is 1. The van der Waals surface area contributed by atoms with Gasteiger partial charge in [-0.1, -0.05) is 79.2 Å². The Balaban J connectivity index is 1.78. The first kappa shape index (κ1) is 25.7. The van der Waals surface area contributed by atoms with Gasteiger partial charge in [-0.2, -0.15) is 0 Å². The molecule has 0 heterocycles. The summed E-state index contributed by atoms with van der Waals surface area (Å²) < 4.78 is 5.68. The summed E-state index contributed by atoms with van der Waals surface area (Å²) in [5, 5.41) is 4.40. The van der Waals surface area contributed by atoms with Crippen molar-refractivity contribution in [1.82, 2.24) is 10.2 Å². The van der Waals surface area contributed by atoms with Crippen LogP contribution in [0.5, 0.6) is 5.75 Å². The van der Waals surface area contributed by atoms with Gasteiger partial charge < -0.3 is 15.0 Å². The standard InChI is InChI=1S/C25H29Cl3N2O3/c1-2-22(25(32)29-18-8-4-3-5-9-18)30(15-17-12-13-19(26)21(28)14-17)24(31)16-33-23-11-7-6-10-20(23)27/h6-7,10-14,18,22H,2-5,8-9,15-16H2,1H3,(H,29,32). The highest BCUT2D eigenvalue weighted by molar-refractivity contribution is 6.42. The Labute approximate surface area is 210 Å². The van der Waals surface area contributed by atoms with E-state index in [2.05, 4.69) is 5.32 Å². The molecule has 1 saturated carbocycles. The van der Waals surface area contributed by atoms with Crippen LogP contribution in [0.4, 0.5) is 0 Å². The molecule has 1 atom stereocenters. The topological polar surface area (TPSA) is 58.6 Å². The average Bonchev–Trinajstić information content (AvgIpc) is 2.81. The Kier molecular flexibility index (Phi) is 9.72. The van der Waals surface area contributed by atoms with Crippen LogP contribution in [0.15, 0.2) is 42.5 Å². The van der Waals surface area contributed by atoms with Gasteiger partial charge in [-0.25, -0.2) is 0 Å². The van der Waals surface area contributed by atoms with Gasteiger partial charge in [-0.15, -0.1) is 0 Å². The Morgan fingerprint density at radius 3 is 2.42 bits per heavy atom. The lowest BCUT2D eigenvalue weighted by atomic mass is 9.95. The minimum absolute atomic E-state index is 0.143. The van der Waals surface area contributed by atoms with Gasteiger partial charge in [0.05, 0.1) is 15.1 Å². The van der Waals surface area contributed by atoms with E-state index in [4.69, 9.17) is 39.5 Å². The van der Waals surface area contributed by atoms with Crippen LogP contribution in [0.3, 0.4) is 0 Å². The molecule has 178 valence electrons. The molecule has 1 N–H and O–H groups in total. The van der Waals surface area contributed by atoms with Crippen molar-refractivity contribution in [2.45, 2.75) is 64.1 Å². The first-order valence-electron chi connectivity index (χ1n) is 11.3. The fourth-order valence-electron chi connectivity index (χ4n) is 4.08. The van der Waals surface area contributed by atoms with Crippen molar-refractivity contribution < 1.29 is 14.3 Å². The van der Waals surface area contributed by atoms with Crippen molar-refractivity contribution >= 4 is 46.6 Å². The molecule has 0 spiro atoms. The predicted molar refractivity (Wildman–Crippen MR) is 133 cm³/mol. The van der Waals surface area contributed by atoms with Crippen LogP contribution in [0.2, 0.25) is 15.1 Å². The molecule has 33 heavy (non-hydrogen) atoms. The third-order valence-corrected chi connectivity index (χ3v) is 6.91. The molecule has 0 aromatic heterocycles. The lowest BCUT2D eigenvalue weighted by Gasteiger charge is -2.32. The summed E-state index contributed by atoms with van der Waals surface area (Å²) in [6.07, 6.45) is 5.83. The fourth-order valence-corrected chi connectivity index (χ4v) is 4.59. The number of benzene rings is 2. The van der Waals surface area contributed by atoms with Crippen LogP contribution in [0, 0.1) is 0 Å². The van der Waals surface area contributed by atoms with Gasteiger partial charge >= 0.3 is 0 Å². The summed E-state index contributed by atoms with van der Waals surface area (Å²) in [7, 11) is 0. The third-order valence-electron chi connectivity index (χ3n) is 5.86. The molecule has 8 heteroatoms. The Morgan fingerprint density at radius 1 is 1.03 bits per heavy atom. The lowest BCUT2D eigenvalue weighted by Crippen LogP contribution is -2.52. The molecular weight excluding hydrogens is 483 g/mol. The number of para-hydroxylation sites is 1. The number of carbonyl (C=O) groups is 2. The maximum Gasteiger partial charge on any atom is 0.261 e. The molecule has 2 aromatic carbocycles. The van der Waals surface area contributed by atoms with Gasteiger partial charge in [-0.05, 0) is 49.1 Å². The number of hydrogen-bond acceptors (Lipinski definition) is 3.